The van der Waals surface area contributed by atoms with Crippen LogP contribution in [0.5, 0.6) is 0 Å². The normalized spacial score (nSPS) is 18.5. The Hall–Kier alpha value is -0.410. The molecule has 0 bridgehead atoms. The van der Waals surface area contributed by atoms with Crippen molar-refractivity contribution >= 4 is 15.9 Å². The van der Waals surface area contributed by atoms with E-state index in [1.807, 2.05) is 6.07 Å². The molecule has 0 radical (unpaired) electrons. The molecule has 2 rings (SSSR count). The summed E-state index contributed by atoms with van der Waals surface area (Å²) in [5.41, 5.74) is 6.65. The first-order valence-corrected chi connectivity index (χ1v) is 7.14. The van der Waals surface area contributed by atoms with Crippen LogP contribution in [-0.4, -0.2) is 6.54 Å². The quantitative estimate of drug-likeness (QED) is 0.897. The molecule has 1 atom stereocenters. The zero-order valence-electron chi connectivity index (χ0n) is 9.96. The van der Waals surface area contributed by atoms with Crippen LogP contribution in [0.2, 0.25) is 0 Å². The molecule has 0 aromatic heterocycles. The van der Waals surface area contributed by atoms with E-state index in [2.05, 4.69) is 15.9 Å². The standard InChI is InChI=1S/C14H19BrFN/c15-13-5-6-14(16)11(8-13)7-12(9-17)10-3-1-2-4-10/h5-6,8,10,12H,1-4,7,9,17H2. The molecule has 1 saturated carbocycles. The molecule has 3 heteroatoms. The van der Waals surface area contributed by atoms with Crippen molar-refractivity contribution in [3.05, 3.63) is 34.1 Å². The molecule has 0 saturated heterocycles. The molecule has 1 unspecified atom stereocenters. The maximum absolute atomic E-state index is 13.7. The predicted molar refractivity (Wildman–Crippen MR) is 72.3 cm³/mol. The number of nitrogens with two attached hydrogens (primary N) is 1. The van der Waals surface area contributed by atoms with Crippen LogP contribution in [0.4, 0.5) is 4.39 Å². The van der Waals surface area contributed by atoms with E-state index in [1.165, 1.54) is 31.7 Å². The minimum atomic E-state index is -0.107. The van der Waals surface area contributed by atoms with Crippen LogP contribution >= 0.6 is 15.9 Å². The third-order valence-electron chi connectivity index (χ3n) is 3.86. The van der Waals surface area contributed by atoms with Gasteiger partial charge in [-0.1, -0.05) is 41.6 Å². The molecule has 0 aliphatic heterocycles. The molecule has 94 valence electrons. The second kappa shape index (κ2) is 5.96. The van der Waals surface area contributed by atoms with Crippen LogP contribution in [0.3, 0.4) is 0 Å². The summed E-state index contributed by atoms with van der Waals surface area (Å²) < 4.78 is 14.6. The van der Waals surface area contributed by atoms with E-state index in [-0.39, 0.29) is 5.82 Å². The summed E-state index contributed by atoms with van der Waals surface area (Å²) in [5, 5.41) is 0. The van der Waals surface area contributed by atoms with Crippen LogP contribution in [-0.2, 0) is 6.42 Å². The topological polar surface area (TPSA) is 26.0 Å². The first kappa shape index (κ1) is 13.0. The molecule has 1 aromatic rings. The van der Waals surface area contributed by atoms with Gasteiger partial charge in [-0.15, -0.1) is 0 Å². The van der Waals surface area contributed by atoms with E-state index in [9.17, 15) is 4.39 Å². The lowest BCUT2D eigenvalue weighted by atomic mass is 9.85. The molecule has 0 spiro atoms. The van der Waals surface area contributed by atoms with Crippen molar-refractivity contribution in [1.29, 1.82) is 0 Å². The summed E-state index contributed by atoms with van der Waals surface area (Å²) >= 11 is 3.39. The van der Waals surface area contributed by atoms with Gasteiger partial charge in [-0.3, -0.25) is 0 Å². The third-order valence-corrected chi connectivity index (χ3v) is 4.35. The number of halogens is 2. The molecular weight excluding hydrogens is 281 g/mol. The minimum absolute atomic E-state index is 0.107. The van der Waals surface area contributed by atoms with E-state index < -0.39 is 0 Å². The highest BCUT2D eigenvalue weighted by Gasteiger charge is 2.24. The van der Waals surface area contributed by atoms with E-state index in [0.717, 1.165) is 16.5 Å². The van der Waals surface area contributed by atoms with Gasteiger partial charge in [0, 0.05) is 4.47 Å². The molecule has 17 heavy (non-hydrogen) atoms. The molecule has 1 aromatic carbocycles. The minimum Gasteiger partial charge on any atom is -0.330 e. The van der Waals surface area contributed by atoms with Crippen LogP contribution in [0.25, 0.3) is 0 Å². The number of benzene rings is 1. The predicted octanol–water partition coefficient (Wildman–Crippen LogP) is 3.90. The largest absolute Gasteiger partial charge is 0.330 e. The third kappa shape index (κ3) is 3.29. The molecule has 1 fully saturated rings. The summed E-state index contributed by atoms with van der Waals surface area (Å²) in [6.07, 6.45) is 5.91. The van der Waals surface area contributed by atoms with Gasteiger partial charge >= 0.3 is 0 Å². The fraction of sp³-hybridized carbons (Fsp3) is 0.571. The Morgan fingerprint density at radius 3 is 2.71 bits per heavy atom. The second-order valence-electron chi connectivity index (χ2n) is 4.98. The first-order chi connectivity index (χ1) is 8.20. The molecule has 1 aliphatic rings. The van der Waals surface area contributed by atoms with Crippen LogP contribution in [0.1, 0.15) is 31.2 Å². The lowest BCUT2D eigenvalue weighted by molar-refractivity contribution is 0.341. The van der Waals surface area contributed by atoms with E-state index in [0.29, 0.717) is 18.4 Å². The van der Waals surface area contributed by atoms with Gasteiger partial charge in [0.25, 0.3) is 0 Å². The highest BCUT2D eigenvalue weighted by atomic mass is 79.9. The fourth-order valence-corrected chi connectivity index (χ4v) is 3.26. The van der Waals surface area contributed by atoms with Gasteiger partial charge in [0.2, 0.25) is 0 Å². The van der Waals surface area contributed by atoms with Crippen LogP contribution in [0.15, 0.2) is 22.7 Å². The Labute approximate surface area is 111 Å². The van der Waals surface area contributed by atoms with E-state index >= 15 is 0 Å². The summed E-state index contributed by atoms with van der Waals surface area (Å²) in [7, 11) is 0. The SMILES string of the molecule is NCC(Cc1cc(Br)ccc1F)C1CCCC1. The number of rotatable bonds is 4. The average Bonchev–Trinajstić information content (AvgIpc) is 2.84. The zero-order valence-corrected chi connectivity index (χ0v) is 11.5. The molecule has 1 nitrogen and oxygen atoms in total. The maximum atomic E-state index is 13.7. The lowest BCUT2D eigenvalue weighted by Crippen LogP contribution is -2.24. The number of hydrogen-bond acceptors (Lipinski definition) is 1. The van der Waals surface area contributed by atoms with Crippen molar-refractivity contribution in [3.63, 3.8) is 0 Å². The van der Waals surface area contributed by atoms with E-state index in [4.69, 9.17) is 5.73 Å². The summed E-state index contributed by atoms with van der Waals surface area (Å²) in [6, 6.07) is 5.15. The van der Waals surface area contributed by atoms with Gasteiger partial charge in [-0.25, -0.2) is 4.39 Å². The molecule has 1 aliphatic carbocycles. The van der Waals surface area contributed by atoms with Crippen molar-refractivity contribution in [2.75, 3.05) is 6.54 Å². The first-order valence-electron chi connectivity index (χ1n) is 6.34. The Bertz CT molecular complexity index is 374. The molecule has 0 heterocycles. The zero-order chi connectivity index (χ0) is 12.3. The van der Waals surface area contributed by atoms with Gasteiger partial charge in [0.1, 0.15) is 5.82 Å². The van der Waals surface area contributed by atoms with Gasteiger partial charge < -0.3 is 5.73 Å². The maximum Gasteiger partial charge on any atom is 0.126 e. The molecule has 0 amide bonds. The Morgan fingerprint density at radius 2 is 2.06 bits per heavy atom. The summed E-state index contributed by atoms with van der Waals surface area (Å²) in [5.74, 6) is 1.02. The highest BCUT2D eigenvalue weighted by Crippen LogP contribution is 2.33. The van der Waals surface area contributed by atoms with Crippen molar-refractivity contribution in [3.8, 4) is 0 Å². The smallest absolute Gasteiger partial charge is 0.126 e. The Balaban J connectivity index is 2.09. The van der Waals surface area contributed by atoms with Crippen molar-refractivity contribution in [2.45, 2.75) is 32.1 Å². The fourth-order valence-electron chi connectivity index (χ4n) is 2.85. The average molecular weight is 300 g/mol. The van der Waals surface area contributed by atoms with Gasteiger partial charge in [-0.05, 0) is 48.6 Å². The summed E-state index contributed by atoms with van der Waals surface area (Å²) in [6.45, 7) is 0.663. The molecule has 2 N–H and O–H groups in total. The van der Waals surface area contributed by atoms with Gasteiger partial charge in [0.05, 0.1) is 0 Å². The second-order valence-corrected chi connectivity index (χ2v) is 5.90. The van der Waals surface area contributed by atoms with Gasteiger partial charge in [-0.2, -0.15) is 0 Å². The Kier molecular flexibility index (Phi) is 4.57. The summed E-state index contributed by atoms with van der Waals surface area (Å²) in [4.78, 5) is 0. The van der Waals surface area contributed by atoms with Crippen LogP contribution < -0.4 is 5.73 Å². The van der Waals surface area contributed by atoms with Crippen LogP contribution in [0, 0.1) is 17.7 Å². The Morgan fingerprint density at radius 1 is 1.35 bits per heavy atom. The van der Waals surface area contributed by atoms with E-state index in [1.54, 1.807) is 6.07 Å². The van der Waals surface area contributed by atoms with Crippen molar-refractivity contribution < 1.29 is 4.39 Å². The number of hydrogen-bond donors (Lipinski definition) is 1. The van der Waals surface area contributed by atoms with Crippen molar-refractivity contribution in [1.82, 2.24) is 0 Å². The molecular formula is C14H19BrFN. The lowest BCUT2D eigenvalue weighted by Gasteiger charge is -2.22. The monoisotopic (exact) mass is 299 g/mol. The van der Waals surface area contributed by atoms with Gasteiger partial charge in [0.15, 0.2) is 0 Å². The van der Waals surface area contributed by atoms with Crippen molar-refractivity contribution in [2.24, 2.45) is 17.6 Å². The highest BCUT2D eigenvalue weighted by molar-refractivity contribution is 9.10.